The Morgan fingerprint density at radius 1 is 1.29 bits per heavy atom. The summed E-state index contributed by atoms with van der Waals surface area (Å²) in [6.45, 7) is 11.2. The Balaban J connectivity index is 1.64. The molecule has 1 fully saturated rings. The maximum Gasteiger partial charge on any atom is 0.278 e. The van der Waals surface area contributed by atoms with Crippen molar-refractivity contribution in [3.63, 3.8) is 0 Å². The minimum Gasteiger partial charge on any atom is -0.494 e. The fraction of sp³-hybridized carbons (Fsp3) is 0.500. The van der Waals surface area contributed by atoms with Crippen molar-refractivity contribution in [1.82, 2.24) is 19.7 Å². The van der Waals surface area contributed by atoms with Crippen molar-refractivity contribution in [3.8, 4) is 5.75 Å². The molecule has 4 rings (SSSR count). The molecule has 1 amide bonds. The Kier molecular flexibility index (Phi) is 6.84. The topological polar surface area (TPSA) is 72.7 Å². The monoisotopic (exact) mass is 443 g/mol. The van der Waals surface area contributed by atoms with Gasteiger partial charge < -0.3 is 9.47 Å². The third-order valence-electron chi connectivity index (χ3n) is 5.26. The van der Waals surface area contributed by atoms with Crippen LogP contribution in [0.25, 0.3) is 10.2 Å². The van der Waals surface area contributed by atoms with Gasteiger partial charge in [0.25, 0.3) is 5.91 Å². The minimum atomic E-state index is -0.0800. The first-order valence-electron chi connectivity index (χ1n) is 10.8. The van der Waals surface area contributed by atoms with Gasteiger partial charge >= 0.3 is 0 Å². The zero-order chi connectivity index (χ0) is 21.8. The van der Waals surface area contributed by atoms with Gasteiger partial charge in [-0.05, 0) is 45.0 Å². The van der Waals surface area contributed by atoms with E-state index in [1.807, 2.05) is 39.0 Å². The van der Waals surface area contributed by atoms with Crippen molar-refractivity contribution in [2.75, 3.05) is 50.9 Å². The molecule has 1 aliphatic rings. The van der Waals surface area contributed by atoms with Gasteiger partial charge in [0.2, 0.25) is 0 Å². The summed E-state index contributed by atoms with van der Waals surface area (Å²) in [7, 11) is 0. The molecule has 0 unspecified atom stereocenters. The van der Waals surface area contributed by atoms with Crippen LogP contribution in [0.4, 0.5) is 5.13 Å². The number of hydrogen-bond donors (Lipinski definition) is 0. The average molecular weight is 444 g/mol. The number of anilines is 1. The second-order valence-corrected chi connectivity index (χ2v) is 8.73. The van der Waals surface area contributed by atoms with Gasteiger partial charge in [-0.2, -0.15) is 5.10 Å². The third kappa shape index (κ3) is 4.89. The molecule has 2 aromatic heterocycles. The molecular weight excluding hydrogens is 414 g/mol. The number of carbonyl (C=O) groups excluding carboxylic acids is 1. The number of rotatable bonds is 8. The fourth-order valence-corrected chi connectivity index (χ4v) is 4.67. The third-order valence-corrected chi connectivity index (χ3v) is 6.30. The van der Waals surface area contributed by atoms with Crippen molar-refractivity contribution in [2.45, 2.75) is 26.8 Å². The van der Waals surface area contributed by atoms with Crippen LogP contribution in [0.3, 0.4) is 0 Å². The molecule has 0 saturated carbocycles. The van der Waals surface area contributed by atoms with E-state index in [0.717, 1.165) is 48.8 Å². The van der Waals surface area contributed by atoms with E-state index in [1.54, 1.807) is 21.8 Å². The normalized spacial score (nSPS) is 15.0. The molecule has 3 aromatic rings. The van der Waals surface area contributed by atoms with Crippen molar-refractivity contribution in [3.05, 3.63) is 36.2 Å². The summed E-state index contributed by atoms with van der Waals surface area (Å²) in [4.78, 5) is 22.5. The van der Waals surface area contributed by atoms with E-state index < -0.39 is 0 Å². The molecular formula is C22H29N5O3S. The average Bonchev–Trinajstić information content (AvgIpc) is 3.42. The molecule has 0 bridgehead atoms. The molecule has 0 radical (unpaired) electrons. The SMILES string of the molecule is CCOc1ccc2nc(N(CCN3CCOCC3)C(=O)c3ccnn3C(C)C)sc2c1. The number of fused-ring (bicyclic) bond motifs is 1. The van der Waals surface area contributed by atoms with Gasteiger partial charge in [-0.25, -0.2) is 4.98 Å². The molecule has 1 saturated heterocycles. The molecule has 0 atom stereocenters. The minimum absolute atomic E-state index is 0.0800. The van der Waals surface area contributed by atoms with Crippen LogP contribution in [-0.2, 0) is 4.74 Å². The summed E-state index contributed by atoms with van der Waals surface area (Å²) in [5.74, 6) is 0.734. The number of ether oxygens (including phenoxy) is 2. The first kappa shape index (κ1) is 21.7. The van der Waals surface area contributed by atoms with Crippen molar-refractivity contribution < 1.29 is 14.3 Å². The molecule has 9 heteroatoms. The van der Waals surface area contributed by atoms with E-state index in [2.05, 4.69) is 10.00 Å². The van der Waals surface area contributed by atoms with E-state index in [1.165, 1.54) is 11.3 Å². The lowest BCUT2D eigenvalue weighted by Crippen LogP contribution is -2.43. The van der Waals surface area contributed by atoms with E-state index in [-0.39, 0.29) is 11.9 Å². The van der Waals surface area contributed by atoms with Gasteiger partial charge in [0.15, 0.2) is 5.13 Å². The zero-order valence-electron chi connectivity index (χ0n) is 18.3. The summed E-state index contributed by atoms with van der Waals surface area (Å²) in [6, 6.07) is 7.74. The highest BCUT2D eigenvalue weighted by Crippen LogP contribution is 2.32. The van der Waals surface area contributed by atoms with Crippen LogP contribution in [0, 0.1) is 0 Å². The number of thiazole rings is 1. The van der Waals surface area contributed by atoms with Crippen LogP contribution < -0.4 is 9.64 Å². The fourth-order valence-electron chi connectivity index (χ4n) is 3.65. The van der Waals surface area contributed by atoms with Crippen LogP contribution in [0.2, 0.25) is 0 Å². The molecule has 8 nitrogen and oxygen atoms in total. The van der Waals surface area contributed by atoms with E-state index >= 15 is 0 Å². The standard InChI is InChI=1S/C22H29N5O3S/c1-4-30-17-5-6-18-20(15-17)31-22(24-18)26(10-9-25-11-13-29-14-12-25)21(28)19-7-8-23-27(19)16(2)3/h5-8,15-16H,4,9-14H2,1-3H3. The predicted octanol–water partition coefficient (Wildman–Crippen LogP) is 3.45. The second kappa shape index (κ2) is 9.76. The van der Waals surface area contributed by atoms with Gasteiger partial charge in [0.05, 0.1) is 30.0 Å². The lowest BCUT2D eigenvalue weighted by Gasteiger charge is -2.29. The van der Waals surface area contributed by atoms with Crippen LogP contribution in [-0.4, -0.2) is 71.6 Å². The quantitative estimate of drug-likeness (QED) is 0.531. The van der Waals surface area contributed by atoms with Crippen molar-refractivity contribution in [1.29, 1.82) is 0 Å². The molecule has 0 spiro atoms. The predicted molar refractivity (Wildman–Crippen MR) is 122 cm³/mol. The number of nitrogens with zero attached hydrogens (tertiary/aromatic N) is 5. The smallest absolute Gasteiger partial charge is 0.278 e. The molecule has 166 valence electrons. The molecule has 0 aliphatic carbocycles. The van der Waals surface area contributed by atoms with Crippen LogP contribution in [0.5, 0.6) is 5.75 Å². The van der Waals surface area contributed by atoms with Crippen molar-refractivity contribution >= 4 is 32.6 Å². The Hall–Kier alpha value is -2.49. The van der Waals surface area contributed by atoms with E-state index in [4.69, 9.17) is 14.5 Å². The Morgan fingerprint density at radius 2 is 2.10 bits per heavy atom. The van der Waals surface area contributed by atoms with Crippen molar-refractivity contribution in [2.24, 2.45) is 0 Å². The van der Waals surface area contributed by atoms with Gasteiger partial charge in [-0.1, -0.05) is 11.3 Å². The Bertz CT molecular complexity index is 1030. The maximum atomic E-state index is 13.6. The van der Waals surface area contributed by atoms with Crippen LogP contribution in [0.15, 0.2) is 30.5 Å². The Labute approximate surface area is 186 Å². The Morgan fingerprint density at radius 3 is 2.84 bits per heavy atom. The summed E-state index contributed by atoms with van der Waals surface area (Å²) < 4.78 is 13.9. The largest absolute Gasteiger partial charge is 0.494 e. The van der Waals surface area contributed by atoms with Crippen LogP contribution in [0.1, 0.15) is 37.3 Å². The lowest BCUT2D eigenvalue weighted by molar-refractivity contribution is 0.0391. The molecule has 31 heavy (non-hydrogen) atoms. The van der Waals surface area contributed by atoms with Crippen LogP contribution >= 0.6 is 11.3 Å². The number of morpholine rings is 1. The number of aromatic nitrogens is 3. The maximum absolute atomic E-state index is 13.6. The number of benzene rings is 1. The molecule has 0 N–H and O–H groups in total. The molecule has 3 heterocycles. The number of amides is 1. The molecule has 1 aliphatic heterocycles. The highest BCUT2D eigenvalue weighted by Gasteiger charge is 2.26. The first-order chi connectivity index (χ1) is 15.1. The van der Waals surface area contributed by atoms with E-state index in [0.29, 0.717) is 24.0 Å². The second-order valence-electron chi connectivity index (χ2n) is 7.72. The summed E-state index contributed by atoms with van der Waals surface area (Å²) in [5.41, 5.74) is 1.44. The number of carbonyl (C=O) groups is 1. The van der Waals surface area contributed by atoms with Gasteiger partial charge in [0.1, 0.15) is 11.4 Å². The summed E-state index contributed by atoms with van der Waals surface area (Å²) in [6.07, 6.45) is 1.68. The highest BCUT2D eigenvalue weighted by molar-refractivity contribution is 7.22. The van der Waals surface area contributed by atoms with Gasteiger partial charge in [-0.3, -0.25) is 19.3 Å². The van der Waals surface area contributed by atoms with Gasteiger partial charge in [-0.15, -0.1) is 0 Å². The summed E-state index contributed by atoms with van der Waals surface area (Å²) >= 11 is 1.51. The zero-order valence-corrected chi connectivity index (χ0v) is 19.1. The lowest BCUT2D eigenvalue weighted by atomic mass is 10.3. The first-order valence-corrected chi connectivity index (χ1v) is 11.6. The van der Waals surface area contributed by atoms with Gasteiger partial charge in [0, 0.05) is 38.4 Å². The van der Waals surface area contributed by atoms with E-state index in [9.17, 15) is 4.79 Å². The highest BCUT2D eigenvalue weighted by atomic mass is 32.1. The number of hydrogen-bond acceptors (Lipinski definition) is 7. The molecule has 1 aromatic carbocycles. The summed E-state index contributed by atoms with van der Waals surface area (Å²) in [5, 5.41) is 5.04.